The highest BCUT2D eigenvalue weighted by Gasteiger charge is 2.58. The Balaban J connectivity index is 1.97. The maximum Gasteiger partial charge on any atom is 0.410 e. The second-order valence-electron chi connectivity index (χ2n) is 6.67. The highest BCUT2D eigenvalue weighted by molar-refractivity contribution is 5.68. The van der Waals surface area contributed by atoms with Gasteiger partial charge in [0.1, 0.15) is 5.60 Å². The summed E-state index contributed by atoms with van der Waals surface area (Å²) in [5, 5.41) is 0. The zero-order valence-corrected chi connectivity index (χ0v) is 12.4. The molecule has 2 N–H and O–H groups in total. The number of likely N-dealkylation sites (tertiary alicyclic amines) is 1. The van der Waals surface area contributed by atoms with Crippen LogP contribution in [0, 0.1) is 5.41 Å². The van der Waals surface area contributed by atoms with Crippen molar-refractivity contribution in [1.29, 1.82) is 0 Å². The van der Waals surface area contributed by atoms with Crippen LogP contribution in [0.5, 0.6) is 0 Å². The average molecular weight is 270 g/mol. The van der Waals surface area contributed by atoms with Gasteiger partial charge in [-0.2, -0.15) is 0 Å². The standard InChI is InChI=1S/C14H26N2O3/c1-5-18-11-8-10(15)14(11)6-7-16(9-14)12(17)19-13(2,3)4/h10-11H,5-9,15H2,1-4H3/t10-,11+,14-/m0/s1. The van der Waals surface area contributed by atoms with E-state index >= 15 is 0 Å². The molecule has 2 rings (SSSR count). The Morgan fingerprint density at radius 3 is 2.68 bits per heavy atom. The Bertz CT molecular complexity index is 351. The van der Waals surface area contributed by atoms with Gasteiger partial charge in [0.15, 0.2) is 0 Å². The number of ether oxygens (including phenoxy) is 2. The fourth-order valence-corrected chi connectivity index (χ4v) is 3.12. The third kappa shape index (κ3) is 2.72. The van der Waals surface area contributed by atoms with Crippen LogP contribution in [0.4, 0.5) is 4.79 Å². The van der Waals surface area contributed by atoms with Gasteiger partial charge in [-0.05, 0) is 40.5 Å². The molecule has 3 atom stereocenters. The zero-order valence-electron chi connectivity index (χ0n) is 12.4. The van der Waals surface area contributed by atoms with Crippen molar-refractivity contribution in [3.8, 4) is 0 Å². The number of carbonyl (C=O) groups excluding carboxylic acids is 1. The summed E-state index contributed by atoms with van der Waals surface area (Å²) in [6.07, 6.45) is 1.77. The predicted octanol–water partition coefficient (Wildman–Crippen LogP) is 1.75. The average Bonchev–Trinajstić information content (AvgIpc) is 2.74. The normalized spacial score (nSPS) is 34.5. The minimum atomic E-state index is -0.451. The number of carbonyl (C=O) groups is 1. The van der Waals surface area contributed by atoms with Crippen LogP contribution in [0.2, 0.25) is 0 Å². The van der Waals surface area contributed by atoms with E-state index in [-0.39, 0.29) is 23.7 Å². The van der Waals surface area contributed by atoms with Gasteiger partial charge in [-0.25, -0.2) is 4.79 Å². The van der Waals surface area contributed by atoms with Crippen LogP contribution in [-0.2, 0) is 9.47 Å². The molecule has 1 aliphatic heterocycles. The summed E-state index contributed by atoms with van der Waals surface area (Å²) in [7, 11) is 0. The second-order valence-corrected chi connectivity index (χ2v) is 6.67. The zero-order chi connectivity index (χ0) is 14.3. The molecule has 1 amide bonds. The molecule has 2 fully saturated rings. The van der Waals surface area contributed by atoms with Crippen molar-refractivity contribution in [3.63, 3.8) is 0 Å². The Morgan fingerprint density at radius 1 is 1.47 bits per heavy atom. The number of nitrogens with two attached hydrogens (primary N) is 1. The molecular weight excluding hydrogens is 244 g/mol. The quantitative estimate of drug-likeness (QED) is 0.830. The summed E-state index contributed by atoms with van der Waals surface area (Å²) in [6, 6.07) is 0.136. The molecular formula is C14H26N2O3. The van der Waals surface area contributed by atoms with Crippen molar-refractivity contribution >= 4 is 6.09 Å². The number of nitrogens with zero attached hydrogens (tertiary/aromatic N) is 1. The molecule has 1 saturated carbocycles. The SMILES string of the molecule is CCO[C@@H]1C[C@H](N)[C@@]12CCN(C(=O)OC(C)(C)C)C2. The van der Waals surface area contributed by atoms with Crippen LogP contribution in [0.3, 0.4) is 0 Å². The van der Waals surface area contributed by atoms with Gasteiger partial charge in [0.05, 0.1) is 6.10 Å². The smallest absolute Gasteiger partial charge is 0.410 e. The summed E-state index contributed by atoms with van der Waals surface area (Å²) < 4.78 is 11.2. The molecule has 0 unspecified atom stereocenters. The van der Waals surface area contributed by atoms with Gasteiger partial charge in [0, 0.05) is 31.2 Å². The van der Waals surface area contributed by atoms with E-state index in [2.05, 4.69) is 0 Å². The first kappa shape index (κ1) is 14.6. The van der Waals surface area contributed by atoms with Gasteiger partial charge in [0.25, 0.3) is 0 Å². The Hall–Kier alpha value is -0.810. The molecule has 110 valence electrons. The van der Waals surface area contributed by atoms with Crippen molar-refractivity contribution in [2.24, 2.45) is 11.1 Å². The summed E-state index contributed by atoms with van der Waals surface area (Å²) >= 11 is 0. The molecule has 5 heteroatoms. The monoisotopic (exact) mass is 270 g/mol. The second kappa shape index (κ2) is 4.94. The largest absolute Gasteiger partial charge is 0.444 e. The third-order valence-corrected chi connectivity index (χ3v) is 4.20. The predicted molar refractivity (Wildman–Crippen MR) is 72.9 cm³/mol. The summed E-state index contributed by atoms with van der Waals surface area (Å²) in [5.74, 6) is 0. The number of hydrogen-bond acceptors (Lipinski definition) is 4. The molecule has 0 aromatic carbocycles. The van der Waals surface area contributed by atoms with E-state index in [0.717, 1.165) is 12.8 Å². The lowest BCUT2D eigenvalue weighted by molar-refractivity contribution is -0.116. The van der Waals surface area contributed by atoms with Gasteiger partial charge >= 0.3 is 6.09 Å². The van der Waals surface area contributed by atoms with E-state index in [4.69, 9.17) is 15.2 Å². The van der Waals surface area contributed by atoms with Crippen molar-refractivity contribution in [1.82, 2.24) is 4.90 Å². The molecule has 0 aromatic rings. The lowest BCUT2D eigenvalue weighted by Gasteiger charge is -2.51. The van der Waals surface area contributed by atoms with Gasteiger partial charge in [-0.3, -0.25) is 0 Å². The molecule has 1 heterocycles. The molecule has 19 heavy (non-hydrogen) atoms. The first-order valence-electron chi connectivity index (χ1n) is 7.13. The summed E-state index contributed by atoms with van der Waals surface area (Å²) in [5.41, 5.74) is 5.67. The van der Waals surface area contributed by atoms with Crippen LogP contribution in [0.25, 0.3) is 0 Å². The molecule has 0 bridgehead atoms. The highest BCUT2D eigenvalue weighted by atomic mass is 16.6. The van der Waals surface area contributed by atoms with Crippen molar-refractivity contribution < 1.29 is 14.3 Å². The third-order valence-electron chi connectivity index (χ3n) is 4.20. The van der Waals surface area contributed by atoms with E-state index in [1.54, 1.807) is 4.90 Å². The molecule has 5 nitrogen and oxygen atoms in total. The molecule has 2 aliphatic rings. The summed E-state index contributed by atoms with van der Waals surface area (Å²) in [4.78, 5) is 13.9. The minimum absolute atomic E-state index is 0.0487. The number of rotatable bonds is 2. The van der Waals surface area contributed by atoms with Gasteiger partial charge in [0.2, 0.25) is 0 Å². The molecule has 1 saturated heterocycles. The molecule has 0 aromatic heterocycles. The Morgan fingerprint density at radius 2 is 2.16 bits per heavy atom. The van der Waals surface area contributed by atoms with E-state index in [9.17, 15) is 4.79 Å². The molecule has 0 radical (unpaired) electrons. The van der Waals surface area contributed by atoms with Gasteiger partial charge in [-0.1, -0.05) is 0 Å². The lowest BCUT2D eigenvalue weighted by atomic mass is 9.61. The van der Waals surface area contributed by atoms with Crippen molar-refractivity contribution in [2.75, 3.05) is 19.7 Å². The topological polar surface area (TPSA) is 64.8 Å². The number of amides is 1. The molecule has 1 aliphatic carbocycles. The highest BCUT2D eigenvalue weighted by Crippen LogP contribution is 2.49. The van der Waals surface area contributed by atoms with Crippen molar-refractivity contribution in [3.05, 3.63) is 0 Å². The Labute approximate surface area is 115 Å². The van der Waals surface area contributed by atoms with Crippen LogP contribution in [0.1, 0.15) is 40.5 Å². The fourth-order valence-electron chi connectivity index (χ4n) is 3.12. The van der Waals surface area contributed by atoms with Crippen LogP contribution < -0.4 is 5.73 Å². The fraction of sp³-hybridized carbons (Fsp3) is 0.929. The van der Waals surface area contributed by atoms with Gasteiger partial charge < -0.3 is 20.1 Å². The van der Waals surface area contributed by atoms with Crippen LogP contribution in [-0.4, -0.2) is 48.4 Å². The maximum absolute atomic E-state index is 12.1. The minimum Gasteiger partial charge on any atom is -0.444 e. The van der Waals surface area contributed by atoms with Crippen LogP contribution >= 0.6 is 0 Å². The Kier molecular flexibility index (Phi) is 3.80. The van der Waals surface area contributed by atoms with E-state index in [1.807, 2.05) is 27.7 Å². The van der Waals surface area contributed by atoms with E-state index in [1.165, 1.54) is 0 Å². The first-order chi connectivity index (χ1) is 8.78. The van der Waals surface area contributed by atoms with E-state index < -0.39 is 5.60 Å². The lowest BCUT2D eigenvalue weighted by Crippen LogP contribution is -2.63. The maximum atomic E-state index is 12.1. The van der Waals surface area contributed by atoms with E-state index in [0.29, 0.717) is 19.7 Å². The van der Waals surface area contributed by atoms with Crippen molar-refractivity contribution in [2.45, 2.75) is 58.3 Å². The van der Waals surface area contributed by atoms with Gasteiger partial charge in [-0.15, -0.1) is 0 Å². The first-order valence-corrected chi connectivity index (χ1v) is 7.13. The van der Waals surface area contributed by atoms with Crippen LogP contribution in [0.15, 0.2) is 0 Å². The number of hydrogen-bond donors (Lipinski definition) is 1. The summed E-state index contributed by atoms with van der Waals surface area (Å²) in [6.45, 7) is 9.72. The molecule has 1 spiro atoms.